The maximum atomic E-state index is 12.7. The molecule has 0 rings (SSSR count). The van der Waals surface area contributed by atoms with E-state index in [4.69, 9.17) is 14.2 Å². The highest BCUT2D eigenvalue weighted by Crippen LogP contribution is 2.14. The molecule has 0 aliphatic heterocycles. The van der Waals surface area contributed by atoms with E-state index in [0.717, 1.165) is 70.6 Å². The highest BCUT2D eigenvalue weighted by Gasteiger charge is 2.19. The predicted molar refractivity (Wildman–Crippen MR) is 243 cm³/mol. The van der Waals surface area contributed by atoms with Crippen molar-refractivity contribution in [3.63, 3.8) is 0 Å². The van der Waals surface area contributed by atoms with Gasteiger partial charge in [-0.3, -0.25) is 14.4 Å². The van der Waals surface area contributed by atoms with Crippen molar-refractivity contribution in [3.05, 3.63) is 24.3 Å². The maximum absolute atomic E-state index is 12.7. The number of esters is 3. The van der Waals surface area contributed by atoms with E-state index in [-0.39, 0.29) is 31.1 Å². The summed E-state index contributed by atoms with van der Waals surface area (Å²) >= 11 is 0. The monoisotopic (exact) mass is 803 g/mol. The van der Waals surface area contributed by atoms with Crippen molar-refractivity contribution in [1.29, 1.82) is 0 Å². The summed E-state index contributed by atoms with van der Waals surface area (Å²) in [7, 11) is 0. The smallest absolute Gasteiger partial charge is 0.306 e. The minimum Gasteiger partial charge on any atom is -0.462 e. The third-order valence-electron chi connectivity index (χ3n) is 10.9. The van der Waals surface area contributed by atoms with Gasteiger partial charge in [-0.15, -0.1) is 0 Å². The molecule has 0 aromatic rings. The first-order valence-corrected chi connectivity index (χ1v) is 24.8. The van der Waals surface area contributed by atoms with E-state index in [1.807, 2.05) is 0 Å². The number of carbonyl (C=O) groups is 3. The Morgan fingerprint density at radius 1 is 0.333 bits per heavy atom. The van der Waals surface area contributed by atoms with E-state index in [2.05, 4.69) is 45.1 Å². The second-order valence-corrected chi connectivity index (χ2v) is 16.7. The largest absolute Gasteiger partial charge is 0.462 e. The van der Waals surface area contributed by atoms with Crippen LogP contribution in [0.5, 0.6) is 0 Å². The Kier molecular flexibility index (Phi) is 44.9. The van der Waals surface area contributed by atoms with Crippen LogP contribution in [0.2, 0.25) is 0 Å². The highest BCUT2D eigenvalue weighted by molar-refractivity contribution is 5.71. The van der Waals surface area contributed by atoms with Crippen LogP contribution in [0.4, 0.5) is 0 Å². The van der Waals surface area contributed by atoms with Crippen molar-refractivity contribution >= 4 is 17.9 Å². The van der Waals surface area contributed by atoms with E-state index in [9.17, 15) is 14.4 Å². The predicted octanol–water partition coefficient (Wildman–Crippen LogP) is 16.0. The van der Waals surface area contributed by atoms with E-state index < -0.39 is 6.10 Å². The molecule has 0 saturated heterocycles. The molecule has 6 heteroatoms. The minimum absolute atomic E-state index is 0.0751. The van der Waals surface area contributed by atoms with Gasteiger partial charge in [-0.1, -0.05) is 199 Å². The maximum Gasteiger partial charge on any atom is 0.306 e. The summed E-state index contributed by atoms with van der Waals surface area (Å²) in [6.45, 7) is 6.56. The molecule has 0 spiro atoms. The average Bonchev–Trinajstić information content (AvgIpc) is 3.21. The van der Waals surface area contributed by atoms with Gasteiger partial charge >= 0.3 is 17.9 Å². The highest BCUT2D eigenvalue weighted by atomic mass is 16.6. The number of allylic oxidation sites excluding steroid dienone is 4. The average molecular weight is 803 g/mol. The molecule has 0 aromatic heterocycles. The van der Waals surface area contributed by atoms with Crippen LogP contribution in [-0.2, 0) is 28.6 Å². The van der Waals surface area contributed by atoms with E-state index >= 15 is 0 Å². The molecule has 0 radical (unpaired) electrons. The zero-order chi connectivity index (χ0) is 41.5. The summed E-state index contributed by atoms with van der Waals surface area (Å²) in [6.07, 6.45) is 51.9. The molecule has 6 nitrogen and oxygen atoms in total. The molecule has 0 amide bonds. The Morgan fingerprint density at radius 2 is 0.579 bits per heavy atom. The van der Waals surface area contributed by atoms with Crippen LogP contribution in [0.15, 0.2) is 24.3 Å². The van der Waals surface area contributed by atoms with E-state index in [1.54, 1.807) is 0 Å². The van der Waals surface area contributed by atoms with Crippen molar-refractivity contribution < 1.29 is 28.6 Å². The molecule has 334 valence electrons. The minimum atomic E-state index is -0.770. The molecule has 0 N–H and O–H groups in total. The fraction of sp³-hybridized carbons (Fsp3) is 0.863. The molecule has 0 aliphatic carbocycles. The Labute approximate surface area is 353 Å². The van der Waals surface area contributed by atoms with Gasteiger partial charge < -0.3 is 14.2 Å². The molecule has 0 aromatic carbocycles. The Morgan fingerprint density at radius 3 is 0.877 bits per heavy atom. The molecule has 0 saturated carbocycles. The van der Waals surface area contributed by atoms with Crippen molar-refractivity contribution in [3.8, 4) is 0 Å². The lowest BCUT2D eigenvalue weighted by atomic mass is 10.1. The summed E-state index contributed by atoms with van der Waals surface area (Å²) in [6, 6.07) is 0. The van der Waals surface area contributed by atoms with Crippen LogP contribution in [0.25, 0.3) is 0 Å². The first-order valence-electron chi connectivity index (χ1n) is 24.8. The second kappa shape index (κ2) is 46.6. The van der Waals surface area contributed by atoms with Crippen molar-refractivity contribution in [2.24, 2.45) is 0 Å². The van der Waals surface area contributed by atoms with Crippen LogP contribution in [0.3, 0.4) is 0 Å². The number of carbonyl (C=O) groups excluding carboxylic acids is 3. The number of unbranched alkanes of at least 4 members (excludes halogenated alkanes) is 30. The molecule has 1 unspecified atom stereocenters. The molecular weight excluding hydrogens is 709 g/mol. The van der Waals surface area contributed by atoms with Gasteiger partial charge in [0.2, 0.25) is 0 Å². The lowest BCUT2D eigenvalue weighted by molar-refractivity contribution is -0.167. The van der Waals surface area contributed by atoms with E-state index in [1.165, 1.54) is 154 Å². The zero-order valence-corrected chi connectivity index (χ0v) is 38.1. The van der Waals surface area contributed by atoms with Gasteiger partial charge in [-0.2, -0.15) is 0 Å². The lowest BCUT2D eigenvalue weighted by Gasteiger charge is -2.18. The molecule has 1 atom stereocenters. The van der Waals surface area contributed by atoms with Gasteiger partial charge in [0.05, 0.1) is 0 Å². The number of hydrogen-bond acceptors (Lipinski definition) is 6. The first kappa shape index (κ1) is 54.9. The summed E-state index contributed by atoms with van der Waals surface area (Å²) in [4.78, 5) is 37.6. The van der Waals surface area contributed by atoms with Gasteiger partial charge in [0, 0.05) is 19.3 Å². The van der Waals surface area contributed by atoms with Gasteiger partial charge in [0.1, 0.15) is 13.2 Å². The molecule has 0 bridgehead atoms. The second-order valence-electron chi connectivity index (χ2n) is 16.7. The third kappa shape index (κ3) is 44.8. The SMILES string of the molecule is CCCCCCCCC/C=C\CCCCCCCCCC(=O)OCC(COC(=O)CCCCCCC)OC(=O)CCCCCCC/C=C\CCCCCCCCC. The van der Waals surface area contributed by atoms with Crippen molar-refractivity contribution in [1.82, 2.24) is 0 Å². The zero-order valence-electron chi connectivity index (χ0n) is 38.1. The van der Waals surface area contributed by atoms with Gasteiger partial charge in [-0.05, 0) is 70.6 Å². The van der Waals surface area contributed by atoms with Crippen molar-refractivity contribution in [2.75, 3.05) is 13.2 Å². The molecule has 0 aliphatic rings. The Balaban J connectivity index is 4.17. The topological polar surface area (TPSA) is 78.9 Å². The Hall–Kier alpha value is -2.11. The van der Waals surface area contributed by atoms with Crippen LogP contribution in [0, 0.1) is 0 Å². The molecule has 57 heavy (non-hydrogen) atoms. The standard InChI is InChI=1S/C51H94O6/c1-4-7-10-13-15-17-19-21-23-25-26-28-29-31-33-35-38-41-44-50(53)56-47-48(46-55-49(52)43-40-37-12-9-6-3)57-51(54)45-42-39-36-34-32-30-27-24-22-20-18-16-14-11-8-5-2/h23-25,27,48H,4-22,26,28-47H2,1-3H3/b25-23-,27-24-. The Bertz CT molecular complexity index is 927. The third-order valence-corrected chi connectivity index (χ3v) is 10.9. The van der Waals surface area contributed by atoms with Gasteiger partial charge in [-0.25, -0.2) is 0 Å². The number of ether oxygens (including phenoxy) is 3. The van der Waals surface area contributed by atoms with Crippen LogP contribution in [0.1, 0.15) is 265 Å². The van der Waals surface area contributed by atoms with Gasteiger partial charge in [0.25, 0.3) is 0 Å². The number of rotatable bonds is 45. The van der Waals surface area contributed by atoms with Gasteiger partial charge in [0.15, 0.2) is 6.10 Å². The molecule has 0 fully saturated rings. The number of hydrogen-bond donors (Lipinski definition) is 0. The summed E-state index contributed by atoms with van der Waals surface area (Å²) in [5.41, 5.74) is 0. The fourth-order valence-electron chi connectivity index (χ4n) is 7.14. The van der Waals surface area contributed by atoms with Crippen LogP contribution in [-0.4, -0.2) is 37.2 Å². The quantitative estimate of drug-likeness (QED) is 0.0264. The summed E-state index contributed by atoms with van der Waals surface area (Å²) in [5, 5.41) is 0. The fourth-order valence-corrected chi connectivity index (χ4v) is 7.14. The van der Waals surface area contributed by atoms with E-state index in [0.29, 0.717) is 19.3 Å². The van der Waals surface area contributed by atoms with Crippen molar-refractivity contribution in [2.45, 2.75) is 271 Å². The summed E-state index contributed by atoms with van der Waals surface area (Å²) in [5.74, 6) is -0.893. The molecular formula is C51H94O6. The normalized spacial score (nSPS) is 12.1. The van der Waals surface area contributed by atoms with Crippen LogP contribution >= 0.6 is 0 Å². The lowest BCUT2D eigenvalue weighted by Crippen LogP contribution is -2.30. The first-order chi connectivity index (χ1) is 28.0. The summed E-state index contributed by atoms with van der Waals surface area (Å²) < 4.78 is 16.6. The molecule has 0 heterocycles. The van der Waals surface area contributed by atoms with Crippen LogP contribution < -0.4 is 0 Å².